The van der Waals surface area contributed by atoms with Crippen molar-refractivity contribution in [3.8, 4) is 5.75 Å². The van der Waals surface area contributed by atoms with Gasteiger partial charge in [-0.05, 0) is 69.2 Å². The predicted molar refractivity (Wildman–Crippen MR) is 85.3 cm³/mol. The lowest BCUT2D eigenvalue weighted by Gasteiger charge is -2.22. The van der Waals surface area contributed by atoms with E-state index in [1.807, 2.05) is 45.9 Å². The van der Waals surface area contributed by atoms with E-state index in [-0.39, 0.29) is 11.4 Å². The van der Waals surface area contributed by atoms with Gasteiger partial charge in [0.1, 0.15) is 17.2 Å². The fraction of sp³-hybridized carbons (Fsp3) is 0.333. The number of anilines is 1. The molecule has 0 heterocycles. The molecule has 0 bridgehead atoms. The van der Waals surface area contributed by atoms with Crippen LogP contribution in [0.25, 0.3) is 0 Å². The maximum atomic E-state index is 12.9. The van der Waals surface area contributed by atoms with Gasteiger partial charge in [0.2, 0.25) is 0 Å². The minimum atomic E-state index is -0.210. The second kappa shape index (κ2) is 6.17. The first-order valence-electron chi connectivity index (χ1n) is 7.11. The molecule has 0 spiro atoms. The fourth-order valence-electron chi connectivity index (χ4n) is 2.05. The van der Waals surface area contributed by atoms with E-state index in [1.165, 1.54) is 12.1 Å². The lowest BCUT2D eigenvalue weighted by Crippen LogP contribution is -2.22. The molecule has 0 atom stereocenters. The number of ether oxygens (including phenoxy) is 1. The molecule has 1 N–H and O–H groups in total. The number of hydrogen-bond donors (Lipinski definition) is 1. The number of nitrogens with one attached hydrogen (secondary N) is 1. The first-order valence-corrected chi connectivity index (χ1v) is 7.11. The van der Waals surface area contributed by atoms with Crippen LogP contribution in [0.5, 0.6) is 5.75 Å². The Hall–Kier alpha value is -2.03. The van der Waals surface area contributed by atoms with Crippen molar-refractivity contribution < 1.29 is 9.13 Å². The summed E-state index contributed by atoms with van der Waals surface area (Å²) in [5, 5.41) is 3.36. The predicted octanol–water partition coefficient (Wildman–Crippen LogP) is 4.92. The molecule has 21 heavy (non-hydrogen) atoms. The summed E-state index contributed by atoms with van der Waals surface area (Å²) in [5.74, 6) is 0.658. The van der Waals surface area contributed by atoms with Gasteiger partial charge >= 0.3 is 0 Å². The van der Waals surface area contributed by atoms with E-state index in [0.29, 0.717) is 6.54 Å². The smallest absolute Gasteiger partial charge is 0.123 e. The number of hydrogen-bond acceptors (Lipinski definition) is 2. The van der Waals surface area contributed by atoms with E-state index in [9.17, 15) is 4.39 Å². The summed E-state index contributed by atoms with van der Waals surface area (Å²) in [5.41, 5.74) is 3.03. The molecule has 2 nitrogen and oxygen atoms in total. The van der Waals surface area contributed by atoms with E-state index in [2.05, 4.69) is 5.32 Å². The van der Waals surface area contributed by atoms with Crippen molar-refractivity contribution in [3.05, 3.63) is 59.4 Å². The molecule has 0 aliphatic heterocycles. The van der Waals surface area contributed by atoms with Gasteiger partial charge < -0.3 is 10.1 Å². The molecule has 0 aromatic heterocycles. The number of aryl methyl sites for hydroxylation is 1. The molecule has 0 aliphatic rings. The average molecular weight is 287 g/mol. The van der Waals surface area contributed by atoms with Crippen molar-refractivity contribution in [3.63, 3.8) is 0 Å². The van der Waals surface area contributed by atoms with Crippen LogP contribution in [0.3, 0.4) is 0 Å². The second-order valence-corrected chi connectivity index (χ2v) is 6.17. The first kappa shape index (κ1) is 15.4. The molecule has 2 aromatic carbocycles. The molecular weight excluding hydrogens is 265 g/mol. The summed E-state index contributed by atoms with van der Waals surface area (Å²) in [7, 11) is 0. The zero-order chi connectivity index (χ0) is 15.5. The number of rotatable bonds is 4. The summed E-state index contributed by atoms with van der Waals surface area (Å²) in [4.78, 5) is 0. The molecular formula is C18H22FNO. The average Bonchev–Trinajstić information content (AvgIpc) is 2.38. The highest BCUT2D eigenvalue weighted by Crippen LogP contribution is 2.24. The molecule has 0 fully saturated rings. The Morgan fingerprint density at radius 2 is 1.71 bits per heavy atom. The summed E-state index contributed by atoms with van der Waals surface area (Å²) in [6.07, 6.45) is 0. The Kier molecular flexibility index (Phi) is 4.51. The molecule has 2 rings (SSSR count). The largest absolute Gasteiger partial charge is 0.488 e. The van der Waals surface area contributed by atoms with Crippen LogP contribution in [-0.4, -0.2) is 5.60 Å². The van der Waals surface area contributed by atoms with Crippen molar-refractivity contribution >= 4 is 5.69 Å². The quantitative estimate of drug-likeness (QED) is 0.861. The van der Waals surface area contributed by atoms with Crippen LogP contribution in [-0.2, 0) is 6.54 Å². The van der Waals surface area contributed by atoms with Crippen molar-refractivity contribution in [2.75, 3.05) is 5.32 Å². The van der Waals surface area contributed by atoms with E-state index in [4.69, 9.17) is 4.74 Å². The molecule has 0 unspecified atom stereocenters. The van der Waals surface area contributed by atoms with Crippen LogP contribution in [0.15, 0.2) is 42.5 Å². The van der Waals surface area contributed by atoms with Crippen LogP contribution in [0.2, 0.25) is 0 Å². The number of halogens is 1. The minimum absolute atomic E-state index is 0.199. The maximum Gasteiger partial charge on any atom is 0.123 e. The van der Waals surface area contributed by atoms with Gasteiger partial charge in [-0.3, -0.25) is 0 Å². The lowest BCUT2D eigenvalue weighted by atomic mass is 10.1. The molecule has 0 radical (unpaired) electrons. The highest BCUT2D eigenvalue weighted by molar-refractivity contribution is 5.53. The van der Waals surface area contributed by atoms with Gasteiger partial charge in [0.05, 0.1) is 0 Å². The summed E-state index contributed by atoms with van der Waals surface area (Å²) < 4.78 is 18.7. The van der Waals surface area contributed by atoms with Gasteiger partial charge in [-0.15, -0.1) is 0 Å². The molecule has 0 aliphatic carbocycles. The second-order valence-electron chi connectivity index (χ2n) is 6.17. The van der Waals surface area contributed by atoms with Crippen molar-refractivity contribution in [2.45, 2.75) is 39.8 Å². The topological polar surface area (TPSA) is 21.3 Å². The Balaban J connectivity index is 2.02. The first-order chi connectivity index (χ1) is 9.83. The van der Waals surface area contributed by atoms with Crippen molar-refractivity contribution in [1.82, 2.24) is 0 Å². The van der Waals surface area contributed by atoms with Gasteiger partial charge in [0.15, 0.2) is 0 Å². The van der Waals surface area contributed by atoms with E-state index < -0.39 is 0 Å². The van der Waals surface area contributed by atoms with Gasteiger partial charge in [-0.1, -0.05) is 12.1 Å². The Bertz CT molecular complexity index is 600. The van der Waals surface area contributed by atoms with Crippen LogP contribution in [0.4, 0.5) is 10.1 Å². The van der Waals surface area contributed by atoms with Gasteiger partial charge in [-0.2, -0.15) is 0 Å². The molecule has 2 aromatic rings. The summed E-state index contributed by atoms with van der Waals surface area (Å²) in [6.45, 7) is 8.80. The van der Waals surface area contributed by atoms with Crippen molar-refractivity contribution in [2.24, 2.45) is 0 Å². The normalized spacial score (nSPS) is 11.3. The van der Waals surface area contributed by atoms with E-state index in [0.717, 1.165) is 22.6 Å². The molecule has 112 valence electrons. The Labute approximate surface area is 126 Å². The van der Waals surface area contributed by atoms with Gasteiger partial charge in [0, 0.05) is 12.2 Å². The Morgan fingerprint density at radius 1 is 1.05 bits per heavy atom. The van der Waals surface area contributed by atoms with Gasteiger partial charge in [0.25, 0.3) is 0 Å². The Morgan fingerprint density at radius 3 is 2.29 bits per heavy atom. The van der Waals surface area contributed by atoms with E-state index in [1.54, 1.807) is 12.1 Å². The third kappa shape index (κ3) is 4.78. The van der Waals surface area contributed by atoms with Crippen LogP contribution in [0, 0.1) is 12.7 Å². The lowest BCUT2D eigenvalue weighted by molar-refractivity contribution is 0.131. The highest BCUT2D eigenvalue weighted by Gasteiger charge is 2.12. The van der Waals surface area contributed by atoms with Crippen LogP contribution < -0.4 is 10.1 Å². The summed E-state index contributed by atoms with van der Waals surface area (Å²) in [6, 6.07) is 12.5. The van der Waals surface area contributed by atoms with Gasteiger partial charge in [-0.25, -0.2) is 4.39 Å². The summed E-state index contributed by atoms with van der Waals surface area (Å²) >= 11 is 0. The fourth-order valence-corrected chi connectivity index (χ4v) is 2.05. The number of benzene rings is 2. The zero-order valence-electron chi connectivity index (χ0n) is 13.0. The SMILES string of the molecule is Cc1cc(OC(C)(C)C)ccc1NCc1ccc(F)cc1. The third-order valence-electron chi connectivity index (χ3n) is 3.02. The third-order valence-corrected chi connectivity index (χ3v) is 3.02. The molecule has 0 amide bonds. The van der Waals surface area contributed by atoms with Crippen LogP contribution >= 0.6 is 0 Å². The van der Waals surface area contributed by atoms with Crippen LogP contribution in [0.1, 0.15) is 31.9 Å². The maximum absolute atomic E-state index is 12.9. The standard InChI is InChI=1S/C18H22FNO/c1-13-11-16(21-18(2,3)4)9-10-17(13)20-12-14-5-7-15(19)8-6-14/h5-11,20H,12H2,1-4H3. The van der Waals surface area contributed by atoms with E-state index >= 15 is 0 Å². The molecule has 0 saturated heterocycles. The molecule has 3 heteroatoms. The monoisotopic (exact) mass is 287 g/mol. The zero-order valence-corrected chi connectivity index (χ0v) is 13.0. The van der Waals surface area contributed by atoms with Crippen molar-refractivity contribution in [1.29, 1.82) is 0 Å². The highest BCUT2D eigenvalue weighted by atomic mass is 19.1. The minimum Gasteiger partial charge on any atom is -0.488 e. The molecule has 0 saturated carbocycles.